The quantitative estimate of drug-likeness (QED) is 0.527. The minimum absolute atomic E-state index is 0.112. The molecular weight excluding hydrogens is 336 g/mol. The molecule has 3 nitrogen and oxygen atoms in total. The normalized spacial score (nSPS) is 23.7. The smallest absolute Gasteiger partial charge is 0.224 e. The topological polar surface area (TPSA) is 29.0 Å². The molecule has 1 aromatic heterocycles. The van der Waals surface area contributed by atoms with Gasteiger partial charge in [-0.2, -0.15) is 0 Å². The van der Waals surface area contributed by atoms with Crippen molar-refractivity contribution in [2.24, 2.45) is 0 Å². The van der Waals surface area contributed by atoms with Gasteiger partial charge in [0.2, 0.25) is 5.28 Å². The standard InChI is InChI=1S/C17H16Cl2FN3/c1-23-9-11-14(21-16(19)22-15(11)18)8-17(23)7-3-4-10-12(17)5-2-6-13(10)20/h2,5-6H,3-4,7-9H2,1H3. The summed E-state index contributed by atoms with van der Waals surface area (Å²) >= 11 is 12.2. The summed E-state index contributed by atoms with van der Waals surface area (Å²) in [6.07, 6.45) is 3.39. The number of likely N-dealkylation sites (N-methyl/N-ethyl adjacent to an activating group) is 1. The van der Waals surface area contributed by atoms with Gasteiger partial charge >= 0.3 is 0 Å². The Morgan fingerprint density at radius 3 is 2.87 bits per heavy atom. The van der Waals surface area contributed by atoms with E-state index >= 15 is 0 Å². The van der Waals surface area contributed by atoms with Crippen molar-refractivity contribution in [2.45, 2.75) is 37.8 Å². The monoisotopic (exact) mass is 351 g/mol. The van der Waals surface area contributed by atoms with Crippen LogP contribution in [-0.2, 0) is 24.9 Å². The van der Waals surface area contributed by atoms with Gasteiger partial charge in [0.15, 0.2) is 0 Å². The molecule has 0 bridgehead atoms. The predicted molar refractivity (Wildman–Crippen MR) is 88.2 cm³/mol. The van der Waals surface area contributed by atoms with Gasteiger partial charge in [-0.05, 0) is 55.1 Å². The lowest BCUT2D eigenvalue weighted by atomic mass is 9.71. The van der Waals surface area contributed by atoms with E-state index in [0.29, 0.717) is 18.1 Å². The van der Waals surface area contributed by atoms with E-state index in [4.69, 9.17) is 23.2 Å². The fourth-order valence-corrected chi connectivity index (χ4v) is 4.57. The second kappa shape index (κ2) is 5.40. The predicted octanol–water partition coefficient (Wildman–Crippen LogP) is 4.14. The van der Waals surface area contributed by atoms with Gasteiger partial charge in [-0.1, -0.05) is 23.7 Å². The first-order chi connectivity index (χ1) is 11.0. The number of fused-ring (bicyclic) bond motifs is 3. The summed E-state index contributed by atoms with van der Waals surface area (Å²) in [4.78, 5) is 10.7. The fraction of sp³-hybridized carbons (Fsp3) is 0.412. The van der Waals surface area contributed by atoms with Crippen molar-refractivity contribution >= 4 is 23.2 Å². The largest absolute Gasteiger partial charge is 0.292 e. The molecule has 0 fully saturated rings. The lowest BCUT2D eigenvalue weighted by molar-refractivity contribution is 0.0721. The van der Waals surface area contributed by atoms with Crippen molar-refractivity contribution in [2.75, 3.05) is 7.05 Å². The van der Waals surface area contributed by atoms with Crippen LogP contribution < -0.4 is 0 Å². The Labute approximate surface area is 144 Å². The third-order valence-corrected chi connectivity index (χ3v) is 5.72. The number of hydrogen-bond donors (Lipinski definition) is 0. The third-order valence-electron chi connectivity index (χ3n) is 5.24. The average molecular weight is 352 g/mol. The molecule has 1 spiro atoms. The molecule has 2 aliphatic rings. The molecular formula is C17H16Cl2FN3. The Bertz CT molecular complexity index is 796. The maximum atomic E-state index is 14.3. The minimum Gasteiger partial charge on any atom is -0.292 e. The van der Waals surface area contributed by atoms with Gasteiger partial charge < -0.3 is 0 Å². The van der Waals surface area contributed by atoms with E-state index in [9.17, 15) is 4.39 Å². The highest BCUT2D eigenvalue weighted by molar-refractivity contribution is 6.32. The van der Waals surface area contributed by atoms with Crippen LogP contribution in [0, 0.1) is 5.82 Å². The Balaban J connectivity index is 1.89. The summed E-state index contributed by atoms with van der Waals surface area (Å²) in [5.41, 5.74) is 3.46. The Morgan fingerprint density at radius 2 is 2.04 bits per heavy atom. The second-order valence-electron chi connectivity index (χ2n) is 6.39. The van der Waals surface area contributed by atoms with Gasteiger partial charge in [0.05, 0.1) is 11.2 Å². The molecule has 1 aromatic carbocycles. The van der Waals surface area contributed by atoms with Crippen LogP contribution in [0.4, 0.5) is 4.39 Å². The molecule has 4 rings (SSSR count). The van der Waals surface area contributed by atoms with Crippen LogP contribution in [0.15, 0.2) is 18.2 Å². The number of hydrogen-bond acceptors (Lipinski definition) is 3. The van der Waals surface area contributed by atoms with Gasteiger partial charge in [0.25, 0.3) is 0 Å². The van der Waals surface area contributed by atoms with E-state index in [1.807, 2.05) is 6.07 Å². The molecule has 1 aliphatic heterocycles. The molecule has 0 amide bonds. The summed E-state index contributed by atoms with van der Waals surface area (Å²) < 4.78 is 14.3. The lowest BCUT2D eigenvalue weighted by Crippen LogP contribution is -2.50. The molecule has 0 saturated heterocycles. The molecule has 23 heavy (non-hydrogen) atoms. The Hall–Kier alpha value is -1.23. The van der Waals surface area contributed by atoms with E-state index in [-0.39, 0.29) is 16.6 Å². The second-order valence-corrected chi connectivity index (χ2v) is 7.09. The van der Waals surface area contributed by atoms with E-state index < -0.39 is 0 Å². The van der Waals surface area contributed by atoms with Gasteiger partial charge in [-0.15, -0.1) is 0 Å². The van der Waals surface area contributed by atoms with Crippen LogP contribution in [-0.4, -0.2) is 21.9 Å². The third kappa shape index (κ3) is 2.27. The van der Waals surface area contributed by atoms with E-state index in [0.717, 1.165) is 41.6 Å². The molecule has 1 unspecified atom stereocenters. The summed E-state index contributed by atoms with van der Waals surface area (Å²) in [6.45, 7) is 0.640. The first-order valence-corrected chi connectivity index (χ1v) is 8.47. The van der Waals surface area contributed by atoms with Crippen LogP contribution in [0.3, 0.4) is 0 Å². The van der Waals surface area contributed by atoms with E-state index in [2.05, 4.69) is 21.9 Å². The maximum Gasteiger partial charge on any atom is 0.224 e. The zero-order valence-corrected chi connectivity index (χ0v) is 14.3. The van der Waals surface area contributed by atoms with Crippen LogP contribution in [0.25, 0.3) is 0 Å². The first kappa shape index (κ1) is 15.3. The molecule has 6 heteroatoms. The van der Waals surface area contributed by atoms with Crippen LogP contribution in [0.1, 0.15) is 35.2 Å². The van der Waals surface area contributed by atoms with Gasteiger partial charge in [-0.3, -0.25) is 4.90 Å². The summed E-state index contributed by atoms with van der Waals surface area (Å²) in [5.74, 6) is -0.112. The van der Waals surface area contributed by atoms with Crippen LogP contribution >= 0.6 is 23.2 Å². The van der Waals surface area contributed by atoms with Crippen molar-refractivity contribution < 1.29 is 4.39 Å². The van der Waals surface area contributed by atoms with Crippen molar-refractivity contribution in [3.63, 3.8) is 0 Å². The fourth-order valence-electron chi connectivity index (χ4n) is 4.10. The zero-order chi connectivity index (χ0) is 16.2. The number of rotatable bonds is 0. The summed E-state index contributed by atoms with van der Waals surface area (Å²) in [5, 5.41) is 0.584. The van der Waals surface area contributed by atoms with Crippen molar-refractivity contribution in [1.82, 2.24) is 14.9 Å². The van der Waals surface area contributed by atoms with Gasteiger partial charge in [-0.25, -0.2) is 14.4 Å². The van der Waals surface area contributed by atoms with Crippen molar-refractivity contribution in [1.29, 1.82) is 0 Å². The van der Waals surface area contributed by atoms with E-state index in [1.165, 1.54) is 0 Å². The number of halogens is 3. The molecule has 2 heterocycles. The van der Waals surface area contributed by atoms with Gasteiger partial charge in [0.1, 0.15) is 11.0 Å². The molecule has 0 radical (unpaired) electrons. The average Bonchev–Trinajstić information content (AvgIpc) is 2.50. The number of benzene rings is 1. The molecule has 0 saturated carbocycles. The highest BCUT2D eigenvalue weighted by atomic mass is 35.5. The number of aromatic nitrogens is 2. The lowest BCUT2D eigenvalue weighted by Gasteiger charge is -2.49. The first-order valence-electron chi connectivity index (χ1n) is 7.71. The van der Waals surface area contributed by atoms with E-state index in [1.54, 1.807) is 12.1 Å². The molecule has 120 valence electrons. The SMILES string of the molecule is CN1Cc2c(Cl)nc(Cl)nc2CC12CCCc1c(F)cccc12. The van der Waals surface area contributed by atoms with Gasteiger partial charge in [0, 0.05) is 18.5 Å². The zero-order valence-electron chi connectivity index (χ0n) is 12.7. The Kier molecular flexibility index (Phi) is 3.59. The molecule has 2 aromatic rings. The molecule has 1 atom stereocenters. The van der Waals surface area contributed by atoms with Crippen molar-refractivity contribution in [3.05, 3.63) is 56.8 Å². The Morgan fingerprint density at radius 1 is 1.22 bits per heavy atom. The summed E-state index contributed by atoms with van der Waals surface area (Å²) in [6, 6.07) is 5.39. The molecule has 0 N–H and O–H groups in total. The van der Waals surface area contributed by atoms with Crippen LogP contribution in [0.2, 0.25) is 10.4 Å². The van der Waals surface area contributed by atoms with Crippen LogP contribution in [0.5, 0.6) is 0 Å². The maximum absolute atomic E-state index is 14.3. The highest BCUT2D eigenvalue weighted by Gasteiger charge is 2.45. The molecule has 1 aliphatic carbocycles. The summed E-state index contributed by atoms with van der Waals surface area (Å²) in [7, 11) is 2.06. The number of nitrogens with zero attached hydrogens (tertiary/aromatic N) is 3. The van der Waals surface area contributed by atoms with Crippen molar-refractivity contribution in [3.8, 4) is 0 Å². The minimum atomic E-state index is -0.246. The highest BCUT2D eigenvalue weighted by Crippen LogP contribution is 2.46.